The molecule has 4 aliphatic rings. The molecule has 0 aromatic rings. The van der Waals surface area contributed by atoms with Crippen LogP contribution in [0.15, 0.2) is 23.8 Å². The summed E-state index contributed by atoms with van der Waals surface area (Å²) in [5, 5.41) is 10.1. The largest absolute Gasteiger partial charge is 0.459 e. The number of rotatable bonds is 5. The molecule has 2 aliphatic carbocycles. The van der Waals surface area contributed by atoms with Crippen molar-refractivity contribution in [1.82, 2.24) is 0 Å². The van der Waals surface area contributed by atoms with Crippen LogP contribution in [0.25, 0.3) is 0 Å². The summed E-state index contributed by atoms with van der Waals surface area (Å²) in [5.74, 6) is 0.402. The lowest BCUT2D eigenvalue weighted by molar-refractivity contribution is -0.304. The van der Waals surface area contributed by atoms with Gasteiger partial charge in [-0.2, -0.15) is 0 Å². The Bertz CT molecular complexity index is 714. The van der Waals surface area contributed by atoms with Crippen LogP contribution >= 0.6 is 0 Å². The van der Waals surface area contributed by atoms with Gasteiger partial charge in [-0.3, -0.25) is 0 Å². The summed E-state index contributed by atoms with van der Waals surface area (Å²) in [4.78, 5) is 11.9. The summed E-state index contributed by atoms with van der Waals surface area (Å²) in [7, 11) is 0. The molecule has 2 saturated carbocycles. The predicted octanol–water partition coefficient (Wildman–Crippen LogP) is 4.54. The van der Waals surface area contributed by atoms with Crippen molar-refractivity contribution >= 4 is 5.97 Å². The first-order chi connectivity index (χ1) is 14.3. The van der Waals surface area contributed by atoms with E-state index in [2.05, 4.69) is 27.4 Å². The van der Waals surface area contributed by atoms with Crippen LogP contribution in [0.3, 0.4) is 0 Å². The molecule has 4 rings (SSSR count). The van der Waals surface area contributed by atoms with Crippen LogP contribution in [-0.4, -0.2) is 42.8 Å². The highest BCUT2D eigenvalue weighted by Gasteiger charge is 2.60. The predicted molar refractivity (Wildman–Crippen MR) is 115 cm³/mol. The van der Waals surface area contributed by atoms with Gasteiger partial charge in [-0.25, -0.2) is 4.79 Å². The van der Waals surface area contributed by atoms with E-state index < -0.39 is 6.10 Å². The summed E-state index contributed by atoms with van der Waals surface area (Å²) >= 11 is 0. The lowest BCUT2D eigenvalue weighted by Crippen LogP contribution is -2.61. The second-order valence-electron chi connectivity index (χ2n) is 10.4. The Hall–Kier alpha value is -1.17. The number of allylic oxidation sites excluding steroid dienone is 2. The third-order valence-corrected chi connectivity index (χ3v) is 8.55. The minimum absolute atomic E-state index is 0.00755. The maximum Gasteiger partial charge on any atom is 0.336 e. The van der Waals surface area contributed by atoms with Crippen molar-refractivity contribution in [3.8, 4) is 0 Å². The number of esters is 1. The van der Waals surface area contributed by atoms with E-state index >= 15 is 0 Å². The monoisotopic (exact) mass is 418 g/mol. The fourth-order valence-electron chi connectivity index (χ4n) is 6.77. The lowest BCUT2D eigenvalue weighted by Gasteiger charge is -2.62. The number of aliphatic hydroxyl groups excluding tert-OH is 1. The van der Waals surface area contributed by atoms with Gasteiger partial charge in [0.1, 0.15) is 12.7 Å². The summed E-state index contributed by atoms with van der Waals surface area (Å²) in [6, 6.07) is 0. The molecule has 2 saturated heterocycles. The van der Waals surface area contributed by atoms with Gasteiger partial charge in [0.2, 0.25) is 0 Å². The van der Waals surface area contributed by atoms with E-state index in [4.69, 9.17) is 14.2 Å². The molecule has 0 aromatic heterocycles. The van der Waals surface area contributed by atoms with Gasteiger partial charge in [-0.15, -0.1) is 0 Å². The third-order valence-electron chi connectivity index (χ3n) is 8.55. The average molecular weight is 419 g/mol. The van der Waals surface area contributed by atoms with Crippen LogP contribution in [0.5, 0.6) is 0 Å². The molecule has 4 fully saturated rings. The number of hydrogen-bond acceptors (Lipinski definition) is 5. The fourth-order valence-corrected chi connectivity index (χ4v) is 6.77. The quantitative estimate of drug-likeness (QED) is 0.403. The second kappa shape index (κ2) is 8.40. The molecular formula is C25H38O5. The molecular weight excluding hydrogens is 380 g/mol. The molecule has 1 N–H and O–H groups in total. The molecule has 5 heteroatoms. The number of carbonyl (C=O) groups excluding carboxylic acids is 1. The van der Waals surface area contributed by atoms with Gasteiger partial charge >= 0.3 is 5.97 Å². The van der Waals surface area contributed by atoms with Crippen LogP contribution in [0, 0.1) is 22.7 Å². The minimum Gasteiger partial charge on any atom is -0.459 e. The minimum atomic E-state index is -0.800. The zero-order chi connectivity index (χ0) is 21.5. The molecule has 0 radical (unpaired) electrons. The highest BCUT2D eigenvalue weighted by molar-refractivity contribution is 5.91. The average Bonchev–Trinajstić information content (AvgIpc) is 3.03. The third kappa shape index (κ3) is 3.67. The van der Waals surface area contributed by atoms with Gasteiger partial charge in [0, 0.05) is 5.41 Å². The van der Waals surface area contributed by atoms with Gasteiger partial charge in [0.05, 0.1) is 18.3 Å². The van der Waals surface area contributed by atoms with Crippen molar-refractivity contribution in [3.05, 3.63) is 23.8 Å². The number of ether oxygens (including phenoxy) is 3. The summed E-state index contributed by atoms with van der Waals surface area (Å²) in [6.45, 7) is 12.2. The summed E-state index contributed by atoms with van der Waals surface area (Å²) < 4.78 is 17.7. The molecule has 0 spiro atoms. The van der Waals surface area contributed by atoms with Gasteiger partial charge in [-0.1, -0.05) is 45.4 Å². The lowest BCUT2D eigenvalue weighted by atomic mass is 9.46. The standard InChI is InChI=1S/C25H38O5/c1-5-6-7-22-29-15-25(4)20-11-8-16(2)18(24(20,3)13-12-21(25)30-22)10-9-17-19(26)14-28-23(17)27/h9,18-22,26H,2,5-8,10-15H2,1,3-4H3/b17-9+/t18-,19-,20+,21-,22?,24+,25+/m1/s1. The van der Waals surface area contributed by atoms with Gasteiger partial charge in [0.15, 0.2) is 6.29 Å². The molecule has 30 heavy (non-hydrogen) atoms. The number of cyclic esters (lactones) is 1. The zero-order valence-electron chi connectivity index (χ0n) is 18.8. The molecule has 168 valence electrons. The van der Waals surface area contributed by atoms with Crippen LogP contribution in [0.2, 0.25) is 0 Å². The first-order valence-electron chi connectivity index (χ1n) is 11.8. The van der Waals surface area contributed by atoms with Crippen LogP contribution in [-0.2, 0) is 19.0 Å². The van der Waals surface area contributed by atoms with Crippen molar-refractivity contribution in [2.24, 2.45) is 22.7 Å². The van der Waals surface area contributed by atoms with E-state index in [1.165, 1.54) is 5.57 Å². The van der Waals surface area contributed by atoms with E-state index in [1.807, 2.05) is 6.08 Å². The zero-order valence-corrected chi connectivity index (χ0v) is 18.8. The van der Waals surface area contributed by atoms with Crippen molar-refractivity contribution in [2.75, 3.05) is 13.2 Å². The maximum atomic E-state index is 11.9. The van der Waals surface area contributed by atoms with Crippen molar-refractivity contribution in [2.45, 2.75) is 90.6 Å². The first kappa shape index (κ1) is 22.0. The molecule has 2 aliphatic heterocycles. The van der Waals surface area contributed by atoms with Crippen LogP contribution in [0.1, 0.15) is 72.1 Å². The Labute approximate surface area is 180 Å². The molecule has 1 unspecified atom stereocenters. The topological polar surface area (TPSA) is 65.0 Å². The molecule has 5 nitrogen and oxygen atoms in total. The molecule has 2 heterocycles. The Morgan fingerprint density at radius 1 is 1.27 bits per heavy atom. The van der Waals surface area contributed by atoms with Crippen molar-refractivity contribution in [1.29, 1.82) is 0 Å². The number of hydrogen-bond donors (Lipinski definition) is 1. The van der Waals surface area contributed by atoms with Gasteiger partial charge in [-0.05, 0) is 62.2 Å². The van der Waals surface area contributed by atoms with E-state index in [0.29, 0.717) is 17.4 Å². The van der Waals surface area contributed by atoms with E-state index in [-0.39, 0.29) is 35.8 Å². The number of aliphatic hydroxyl groups is 1. The molecule has 0 aromatic carbocycles. The smallest absolute Gasteiger partial charge is 0.336 e. The summed E-state index contributed by atoms with van der Waals surface area (Å²) in [6.07, 6.45) is 9.58. The van der Waals surface area contributed by atoms with Gasteiger partial charge in [0.25, 0.3) is 0 Å². The van der Waals surface area contributed by atoms with Gasteiger partial charge < -0.3 is 19.3 Å². The van der Waals surface area contributed by atoms with E-state index in [1.54, 1.807) is 0 Å². The van der Waals surface area contributed by atoms with Crippen LogP contribution in [0.4, 0.5) is 0 Å². The van der Waals surface area contributed by atoms with Crippen molar-refractivity contribution in [3.63, 3.8) is 0 Å². The molecule has 0 amide bonds. The first-order valence-corrected chi connectivity index (χ1v) is 11.8. The van der Waals surface area contributed by atoms with E-state index in [9.17, 15) is 9.90 Å². The maximum absolute atomic E-state index is 11.9. The SMILES string of the molecule is C=C1CC[C@@H]2[C@]3(C)COC(CCCC)O[C@@H]3CC[C@@]2(C)[C@@H]1C/C=C1/C(=O)OC[C@H]1O. The Morgan fingerprint density at radius 3 is 2.77 bits per heavy atom. The van der Waals surface area contributed by atoms with Crippen LogP contribution < -0.4 is 0 Å². The highest BCUT2D eigenvalue weighted by atomic mass is 16.7. The second-order valence-corrected chi connectivity index (χ2v) is 10.4. The number of carbonyl (C=O) groups is 1. The van der Waals surface area contributed by atoms with Crippen molar-refractivity contribution < 1.29 is 24.1 Å². The normalized spacial score (nSPS) is 45.2. The molecule has 0 bridgehead atoms. The number of fused-ring (bicyclic) bond motifs is 3. The fraction of sp³-hybridized carbons (Fsp3) is 0.800. The molecule has 7 atom stereocenters. The van der Waals surface area contributed by atoms with E-state index in [0.717, 1.165) is 58.0 Å². The highest BCUT2D eigenvalue weighted by Crippen LogP contribution is 2.63. The Balaban J connectivity index is 1.53. The Morgan fingerprint density at radius 2 is 2.07 bits per heavy atom. The summed E-state index contributed by atoms with van der Waals surface area (Å²) in [5.41, 5.74) is 1.78. The Kier molecular flexibility index (Phi) is 6.17. The number of unbranched alkanes of at least 4 members (excludes halogenated alkanes) is 1.